The van der Waals surface area contributed by atoms with Gasteiger partial charge in [0.1, 0.15) is 0 Å². The van der Waals surface area contributed by atoms with E-state index in [2.05, 4.69) is 16.6 Å². The van der Waals surface area contributed by atoms with Gasteiger partial charge in [-0.3, -0.25) is 0 Å². The highest BCUT2D eigenvalue weighted by atomic mass is 16.4. The maximum absolute atomic E-state index is 11.1. The van der Waals surface area contributed by atoms with Crippen LogP contribution in [-0.2, 0) is 4.79 Å². The average molecular weight is 214 g/mol. The van der Waals surface area contributed by atoms with E-state index in [-0.39, 0.29) is 6.54 Å². The molecule has 0 aliphatic rings. The molecule has 4 N–H and O–H groups in total. The Morgan fingerprint density at radius 1 is 1.53 bits per heavy atom. The lowest BCUT2D eigenvalue weighted by atomic mass is 10.2. The van der Waals surface area contributed by atoms with E-state index in [9.17, 15) is 9.59 Å². The van der Waals surface area contributed by atoms with E-state index in [0.29, 0.717) is 6.42 Å². The van der Waals surface area contributed by atoms with Gasteiger partial charge in [-0.1, -0.05) is 0 Å². The number of carbonyl (C=O) groups excluding carboxylic acids is 1. The minimum atomic E-state index is -1.32. The molecule has 0 saturated carbocycles. The van der Waals surface area contributed by atoms with Crippen LogP contribution in [0.5, 0.6) is 0 Å². The molecular formula is C9H14N2O4. The minimum Gasteiger partial charge on any atom is -0.480 e. The largest absolute Gasteiger partial charge is 0.480 e. The van der Waals surface area contributed by atoms with E-state index in [0.717, 1.165) is 0 Å². The number of carbonyl (C=O) groups is 2. The van der Waals surface area contributed by atoms with Crippen LogP contribution < -0.4 is 10.6 Å². The number of carboxylic acids is 1. The van der Waals surface area contributed by atoms with Gasteiger partial charge in [-0.05, 0) is 6.92 Å². The molecule has 2 amide bonds. The van der Waals surface area contributed by atoms with Gasteiger partial charge in [0.15, 0.2) is 6.04 Å². The van der Waals surface area contributed by atoms with Crippen LogP contribution in [0.15, 0.2) is 0 Å². The number of terminal acetylenes is 1. The Balaban J connectivity index is 4.02. The second-order valence-electron chi connectivity index (χ2n) is 2.91. The Morgan fingerprint density at radius 3 is 2.53 bits per heavy atom. The molecule has 2 atom stereocenters. The molecular weight excluding hydrogens is 200 g/mol. The molecule has 84 valence electrons. The first-order valence-electron chi connectivity index (χ1n) is 4.37. The average Bonchev–Trinajstić information content (AvgIpc) is 2.13. The summed E-state index contributed by atoms with van der Waals surface area (Å²) in [5.41, 5.74) is 0. The van der Waals surface area contributed by atoms with E-state index in [1.54, 1.807) is 0 Å². The highest BCUT2D eigenvalue weighted by Gasteiger charge is 2.24. The molecule has 0 aromatic carbocycles. The zero-order valence-electron chi connectivity index (χ0n) is 8.36. The second kappa shape index (κ2) is 6.68. The number of rotatable bonds is 5. The third-order valence-corrected chi connectivity index (χ3v) is 1.59. The molecule has 6 nitrogen and oxygen atoms in total. The number of urea groups is 1. The van der Waals surface area contributed by atoms with Crippen LogP contribution in [-0.4, -0.2) is 40.9 Å². The quantitative estimate of drug-likeness (QED) is 0.353. The fourth-order valence-corrected chi connectivity index (χ4v) is 0.829. The molecule has 15 heavy (non-hydrogen) atoms. The monoisotopic (exact) mass is 214 g/mol. The van der Waals surface area contributed by atoms with Gasteiger partial charge in [-0.25, -0.2) is 9.59 Å². The molecule has 0 radical (unpaired) electrons. The number of aliphatic hydroxyl groups is 1. The third-order valence-electron chi connectivity index (χ3n) is 1.59. The van der Waals surface area contributed by atoms with E-state index in [1.807, 2.05) is 0 Å². The van der Waals surface area contributed by atoms with Crippen molar-refractivity contribution in [2.75, 3.05) is 6.54 Å². The van der Waals surface area contributed by atoms with Gasteiger partial charge in [0.2, 0.25) is 0 Å². The predicted octanol–water partition coefficient (Wildman–Crippen LogP) is -0.857. The van der Waals surface area contributed by atoms with Crippen molar-refractivity contribution in [3.05, 3.63) is 0 Å². The molecule has 0 aliphatic carbocycles. The standard InChI is InChI=1S/C9H14N2O4/c1-3-4-5-10-9(15)11-7(6(2)12)8(13)14/h1,6-7,12H,4-5H2,2H3,(H,13,14)(H2,10,11,15)/t6-,7+/m1/s1. The Morgan fingerprint density at radius 2 is 2.13 bits per heavy atom. The summed E-state index contributed by atoms with van der Waals surface area (Å²) in [4.78, 5) is 21.6. The molecule has 0 unspecified atom stereocenters. The van der Waals surface area contributed by atoms with Crippen LogP contribution >= 0.6 is 0 Å². The van der Waals surface area contributed by atoms with Crippen LogP contribution in [0.25, 0.3) is 0 Å². The smallest absolute Gasteiger partial charge is 0.328 e. The first-order valence-corrected chi connectivity index (χ1v) is 4.37. The van der Waals surface area contributed by atoms with Crippen molar-refractivity contribution < 1.29 is 19.8 Å². The lowest BCUT2D eigenvalue weighted by Gasteiger charge is -2.17. The topological polar surface area (TPSA) is 98.7 Å². The predicted molar refractivity (Wildman–Crippen MR) is 53.1 cm³/mol. The number of nitrogens with one attached hydrogen (secondary N) is 2. The SMILES string of the molecule is C#CCCNC(=O)N[C@H](C(=O)O)[C@@H](C)O. The summed E-state index contributed by atoms with van der Waals surface area (Å²) in [5, 5.41) is 22.1. The Bertz CT molecular complexity index is 270. The van der Waals surface area contributed by atoms with Gasteiger partial charge in [0.05, 0.1) is 6.10 Å². The summed E-state index contributed by atoms with van der Waals surface area (Å²) in [5.74, 6) is 1.02. The summed E-state index contributed by atoms with van der Waals surface area (Å²) in [6.45, 7) is 1.54. The fraction of sp³-hybridized carbons (Fsp3) is 0.556. The molecule has 0 aromatic heterocycles. The number of hydrogen-bond acceptors (Lipinski definition) is 3. The molecule has 0 spiro atoms. The van der Waals surface area contributed by atoms with Crippen LogP contribution in [0.3, 0.4) is 0 Å². The van der Waals surface area contributed by atoms with Crippen molar-refractivity contribution in [3.8, 4) is 12.3 Å². The van der Waals surface area contributed by atoms with Gasteiger partial charge < -0.3 is 20.8 Å². The first kappa shape index (κ1) is 13.3. The zero-order chi connectivity index (χ0) is 11.8. The van der Waals surface area contributed by atoms with Crippen LogP contribution in [0.2, 0.25) is 0 Å². The number of aliphatic hydroxyl groups excluding tert-OH is 1. The Labute approximate surface area is 87.7 Å². The molecule has 0 saturated heterocycles. The van der Waals surface area contributed by atoms with Gasteiger partial charge in [-0.15, -0.1) is 12.3 Å². The van der Waals surface area contributed by atoms with E-state index in [1.165, 1.54) is 6.92 Å². The minimum absolute atomic E-state index is 0.258. The third kappa shape index (κ3) is 5.54. The first-order chi connectivity index (χ1) is 6.99. The highest BCUT2D eigenvalue weighted by Crippen LogP contribution is 1.92. The summed E-state index contributed by atoms with van der Waals surface area (Å²) in [6.07, 6.45) is 4.15. The summed E-state index contributed by atoms with van der Waals surface area (Å²) in [7, 11) is 0. The molecule has 0 rings (SSSR count). The van der Waals surface area contributed by atoms with E-state index >= 15 is 0 Å². The van der Waals surface area contributed by atoms with Crippen molar-refractivity contribution in [1.29, 1.82) is 0 Å². The molecule has 0 bridgehead atoms. The summed E-state index contributed by atoms with van der Waals surface area (Å²) >= 11 is 0. The Hall–Kier alpha value is -1.74. The Kier molecular flexibility index (Phi) is 5.90. The molecule has 0 aromatic rings. The van der Waals surface area contributed by atoms with Crippen molar-refractivity contribution in [2.24, 2.45) is 0 Å². The van der Waals surface area contributed by atoms with E-state index in [4.69, 9.17) is 16.6 Å². The van der Waals surface area contributed by atoms with Crippen LogP contribution in [0.1, 0.15) is 13.3 Å². The lowest BCUT2D eigenvalue weighted by molar-refractivity contribution is -0.141. The van der Waals surface area contributed by atoms with Crippen LogP contribution in [0, 0.1) is 12.3 Å². The van der Waals surface area contributed by atoms with Crippen molar-refractivity contribution in [2.45, 2.75) is 25.5 Å². The summed E-state index contributed by atoms with van der Waals surface area (Å²) in [6, 6.07) is -1.99. The van der Waals surface area contributed by atoms with Crippen molar-refractivity contribution in [3.63, 3.8) is 0 Å². The number of hydrogen-bond donors (Lipinski definition) is 4. The van der Waals surface area contributed by atoms with Crippen molar-refractivity contribution in [1.82, 2.24) is 10.6 Å². The molecule has 6 heteroatoms. The van der Waals surface area contributed by atoms with Gasteiger partial charge in [0.25, 0.3) is 0 Å². The number of aliphatic carboxylic acids is 1. The summed E-state index contributed by atoms with van der Waals surface area (Å²) < 4.78 is 0. The van der Waals surface area contributed by atoms with Gasteiger partial charge >= 0.3 is 12.0 Å². The molecule has 0 fully saturated rings. The molecule has 0 heterocycles. The second-order valence-corrected chi connectivity index (χ2v) is 2.91. The maximum Gasteiger partial charge on any atom is 0.328 e. The number of amides is 2. The fourth-order valence-electron chi connectivity index (χ4n) is 0.829. The van der Waals surface area contributed by atoms with Crippen molar-refractivity contribution >= 4 is 12.0 Å². The maximum atomic E-state index is 11.1. The molecule has 0 aliphatic heterocycles. The van der Waals surface area contributed by atoms with E-state index < -0.39 is 24.1 Å². The van der Waals surface area contributed by atoms with Gasteiger partial charge in [0, 0.05) is 13.0 Å². The van der Waals surface area contributed by atoms with Gasteiger partial charge in [-0.2, -0.15) is 0 Å². The highest BCUT2D eigenvalue weighted by molar-refractivity contribution is 5.82. The zero-order valence-corrected chi connectivity index (χ0v) is 8.36. The normalized spacial score (nSPS) is 13.4. The number of carboxylic acid groups (broad SMARTS) is 1. The van der Waals surface area contributed by atoms with Crippen LogP contribution in [0.4, 0.5) is 4.79 Å². The lowest BCUT2D eigenvalue weighted by Crippen LogP contribution is -2.51.